The fraction of sp³-hybridized carbons (Fsp3) is 1.00. The molecule has 8 atom stereocenters. The van der Waals surface area contributed by atoms with E-state index < -0.39 is 59.7 Å². The molecular weight excluding hydrogens is 373 g/mol. The summed E-state index contributed by atoms with van der Waals surface area (Å²) in [5.74, 6) is -1.31. The molecule has 0 bridgehead atoms. The van der Waals surface area contributed by atoms with Crippen molar-refractivity contribution in [2.24, 2.45) is 5.92 Å². The van der Waals surface area contributed by atoms with Crippen molar-refractivity contribution in [2.75, 3.05) is 0 Å². The quantitative estimate of drug-likeness (QED) is 0.667. The topological polar surface area (TPSA) is 20.2 Å². The zero-order chi connectivity index (χ0) is 25.0. The molecule has 3 rings (SSSR count). The molecule has 22 radical (unpaired) electrons. The van der Waals surface area contributed by atoms with Crippen LogP contribution in [0.2, 0.25) is 54.7 Å². The predicted molar refractivity (Wildman–Crippen MR) is 147 cm³/mol. The van der Waals surface area contributed by atoms with E-state index in [1.807, 2.05) is 35.0 Å². The summed E-state index contributed by atoms with van der Waals surface area (Å²) in [7, 11) is 67.1. The van der Waals surface area contributed by atoms with Crippen LogP contribution in [0.15, 0.2) is 0 Å². The van der Waals surface area contributed by atoms with Crippen LogP contribution in [0, 0.1) is 5.92 Å². The molecule has 0 aliphatic carbocycles. The van der Waals surface area contributed by atoms with Gasteiger partial charge in [0.05, 0.1) is 70.6 Å². The van der Waals surface area contributed by atoms with Gasteiger partial charge < -0.3 is 5.11 Å². The molecule has 32 heavy (non-hydrogen) atoms. The van der Waals surface area contributed by atoms with E-state index in [2.05, 4.69) is 7.28 Å². The predicted octanol–water partition coefficient (Wildman–Crippen LogP) is 0.00610. The highest BCUT2D eigenvalue weighted by molar-refractivity contribution is 6.94. The van der Waals surface area contributed by atoms with E-state index in [1.165, 1.54) is 0 Å². The minimum atomic E-state index is -1.90. The molecular formula is C18H23B13O. The highest BCUT2D eigenvalue weighted by atomic mass is 16.3. The molecule has 3 aliphatic rings. The Labute approximate surface area is 211 Å². The van der Waals surface area contributed by atoms with Gasteiger partial charge in [-0.05, 0) is 11.3 Å². The van der Waals surface area contributed by atoms with Crippen LogP contribution >= 0.6 is 0 Å². The number of hydrogen-bond donors (Lipinski definition) is 1. The van der Waals surface area contributed by atoms with Crippen LogP contribution in [-0.4, -0.2) is 110 Å². The molecule has 0 aromatic carbocycles. The van der Waals surface area contributed by atoms with Crippen molar-refractivity contribution in [3.05, 3.63) is 0 Å². The van der Waals surface area contributed by atoms with Crippen molar-refractivity contribution in [1.29, 1.82) is 0 Å². The van der Waals surface area contributed by atoms with Crippen molar-refractivity contribution in [2.45, 2.75) is 101 Å². The second kappa shape index (κ2) is 7.41. The lowest BCUT2D eigenvalue weighted by atomic mass is 9.17. The van der Waals surface area contributed by atoms with Crippen LogP contribution in [0.25, 0.3) is 0 Å². The van der Waals surface area contributed by atoms with Gasteiger partial charge >= 0.3 is 0 Å². The molecule has 0 aromatic heterocycles. The highest BCUT2D eigenvalue weighted by Gasteiger charge is 2.80. The second-order valence-electron chi connectivity index (χ2n) is 11.8. The Bertz CT molecular complexity index is 772. The third-order valence-electron chi connectivity index (χ3n) is 9.44. The van der Waals surface area contributed by atoms with E-state index in [-0.39, 0.29) is 6.22 Å². The molecule has 1 spiro atoms. The molecule has 14 heteroatoms. The van der Waals surface area contributed by atoms with Gasteiger partial charge in [-0.3, -0.25) is 0 Å². The van der Waals surface area contributed by atoms with Gasteiger partial charge in [0.25, 0.3) is 0 Å². The van der Waals surface area contributed by atoms with Crippen LogP contribution in [0.4, 0.5) is 0 Å². The molecule has 140 valence electrons. The minimum absolute atomic E-state index is 0.120. The van der Waals surface area contributed by atoms with Gasteiger partial charge in [-0.1, -0.05) is 78.5 Å². The minimum Gasteiger partial charge on any atom is -0.409 e. The molecule has 0 saturated carbocycles. The molecule has 3 heterocycles. The zero-order valence-corrected chi connectivity index (χ0v) is 20.1. The third-order valence-corrected chi connectivity index (χ3v) is 9.44. The van der Waals surface area contributed by atoms with E-state index in [9.17, 15) is 5.11 Å². The van der Waals surface area contributed by atoms with E-state index in [0.717, 1.165) is 0 Å². The summed E-state index contributed by atoms with van der Waals surface area (Å²) in [6.45, 7) is 9.46. The molecule has 3 fully saturated rings. The van der Waals surface area contributed by atoms with E-state index in [4.69, 9.17) is 70.6 Å². The zero-order valence-electron chi connectivity index (χ0n) is 20.1. The molecule has 0 aromatic rings. The van der Waals surface area contributed by atoms with Gasteiger partial charge in [0.15, 0.2) is 0 Å². The Morgan fingerprint density at radius 2 is 1.50 bits per heavy atom. The molecule has 0 amide bonds. The highest BCUT2D eigenvalue weighted by Crippen LogP contribution is 2.93. The Hall–Kier alpha value is 0.804. The second-order valence-corrected chi connectivity index (χ2v) is 11.8. The average molecular weight is 396 g/mol. The summed E-state index contributed by atoms with van der Waals surface area (Å²) in [6, 6.07) is 0. The fourth-order valence-electron chi connectivity index (χ4n) is 7.24. The normalized spacial score (nSPS) is 53.6. The van der Waals surface area contributed by atoms with E-state index >= 15 is 0 Å². The standard InChI is InChI=1S/C18H23B13O/c1-8-6-14(23)17(26,27)11(2,3)29-18(14)13(5,31-18)30-16(25,32)9(28-7-19)12(4,22)15(8,24)10(20)21/h8-10,32H,6-7H2,1-5H3. The smallest absolute Gasteiger partial charge is 0.137 e. The lowest BCUT2D eigenvalue weighted by molar-refractivity contribution is 0.144. The number of aliphatic hydroxyl groups is 1. The maximum atomic E-state index is 11.6. The molecule has 1 N–H and O–H groups in total. The lowest BCUT2D eigenvalue weighted by Gasteiger charge is -2.64. The molecule has 1 nitrogen and oxygen atoms in total. The summed E-state index contributed by atoms with van der Waals surface area (Å²) < 4.78 is 0. The first-order valence-corrected chi connectivity index (χ1v) is 11.2. The first-order chi connectivity index (χ1) is 14.1. The van der Waals surface area contributed by atoms with Gasteiger partial charge in [0.1, 0.15) is 29.1 Å². The van der Waals surface area contributed by atoms with Crippen LogP contribution < -0.4 is 0 Å². The summed E-state index contributed by atoms with van der Waals surface area (Å²) in [4.78, 5) is 0. The Kier molecular flexibility index (Phi) is 6.35. The first-order valence-electron chi connectivity index (χ1n) is 11.2. The third kappa shape index (κ3) is 3.11. The monoisotopic (exact) mass is 398 g/mol. The van der Waals surface area contributed by atoms with Crippen molar-refractivity contribution < 1.29 is 5.11 Å². The maximum Gasteiger partial charge on any atom is 0.137 e. The van der Waals surface area contributed by atoms with Gasteiger partial charge in [-0.15, -0.1) is 17.1 Å². The van der Waals surface area contributed by atoms with Crippen LogP contribution in [0.3, 0.4) is 0 Å². The van der Waals surface area contributed by atoms with Crippen molar-refractivity contribution >= 4 is 99.7 Å². The SMILES string of the molecule is [B]C[B]C1C([B])(O)[B]C2(C)[B]C23[B]C(C)(C)C([B])([B])C3([B])CC(C)C([B])(C([B])[B])C1([B])C. The largest absolute Gasteiger partial charge is 0.409 e. The maximum absolute atomic E-state index is 11.6. The lowest BCUT2D eigenvalue weighted by Crippen LogP contribution is -2.56. The van der Waals surface area contributed by atoms with Crippen LogP contribution in [-0.2, 0) is 0 Å². The first kappa shape index (κ1) is 27.4. The fourth-order valence-corrected chi connectivity index (χ4v) is 7.24. The van der Waals surface area contributed by atoms with Gasteiger partial charge in [-0.2, -0.15) is 0 Å². The Morgan fingerprint density at radius 3 is 1.97 bits per heavy atom. The molecule has 3 aliphatic heterocycles. The Balaban J connectivity index is 2.29. The summed E-state index contributed by atoms with van der Waals surface area (Å²) >= 11 is 0. The number of hydrogen-bond acceptors (Lipinski definition) is 1. The van der Waals surface area contributed by atoms with Gasteiger partial charge in [0.2, 0.25) is 0 Å². The average Bonchev–Trinajstić information content (AvgIpc) is 3.15. The van der Waals surface area contributed by atoms with Crippen LogP contribution in [0.5, 0.6) is 0 Å². The number of rotatable bonds is 3. The van der Waals surface area contributed by atoms with Crippen LogP contribution in [0.1, 0.15) is 41.0 Å². The van der Waals surface area contributed by atoms with Gasteiger partial charge in [-0.25, -0.2) is 0 Å². The van der Waals surface area contributed by atoms with Crippen molar-refractivity contribution in [3.63, 3.8) is 0 Å². The summed E-state index contributed by atoms with van der Waals surface area (Å²) in [5.41, 5.74) is -1.06. The summed E-state index contributed by atoms with van der Waals surface area (Å²) in [6.07, 6.45) is 0.418. The Morgan fingerprint density at radius 1 is 0.969 bits per heavy atom. The molecule has 3 saturated heterocycles. The van der Waals surface area contributed by atoms with E-state index in [1.54, 1.807) is 21.5 Å². The summed E-state index contributed by atoms with van der Waals surface area (Å²) in [5, 5.41) is 2.42. The van der Waals surface area contributed by atoms with Gasteiger partial charge in [0, 0.05) is 0 Å². The van der Waals surface area contributed by atoms with Crippen molar-refractivity contribution in [3.8, 4) is 0 Å². The van der Waals surface area contributed by atoms with Crippen molar-refractivity contribution in [1.82, 2.24) is 0 Å². The molecule has 8 unspecified atom stereocenters. The van der Waals surface area contributed by atoms with E-state index in [0.29, 0.717) is 6.42 Å².